The lowest BCUT2D eigenvalue weighted by Crippen LogP contribution is -2.29. The van der Waals surface area contributed by atoms with Crippen molar-refractivity contribution < 1.29 is 0 Å². The van der Waals surface area contributed by atoms with E-state index in [4.69, 9.17) is 5.26 Å². The Morgan fingerprint density at radius 1 is 1.17 bits per heavy atom. The van der Waals surface area contributed by atoms with E-state index in [-0.39, 0.29) is 6.04 Å². The van der Waals surface area contributed by atoms with E-state index in [2.05, 4.69) is 53.4 Å². The minimum Gasteiger partial charge on any atom is -0.291 e. The van der Waals surface area contributed by atoms with E-state index in [0.29, 0.717) is 0 Å². The molecule has 0 fully saturated rings. The summed E-state index contributed by atoms with van der Waals surface area (Å²) in [5.74, 6) is 0. The van der Waals surface area contributed by atoms with Crippen LogP contribution in [0.3, 0.4) is 0 Å². The largest absolute Gasteiger partial charge is 0.291 e. The molecular formula is C16H18N2. The van der Waals surface area contributed by atoms with Gasteiger partial charge in [0, 0.05) is 6.54 Å². The van der Waals surface area contributed by atoms with Gasteiger partial charge < -0.3 is 0 Å². The highest BCUT2D eigenvalue weighted by Gasteiger charge is 2.07. The molecule has 0 spiro atoms. The second-order valence-corrected chi connectivity index (χ2v) is 4.72. The maximum absolute atomic E-state index is 8.85. The Morgan fingerprint density at radius 3 is 2.61 bits per heavy atom. The first-order valence-electron chi connectivity index (χ1n) is 6.28. The zero-order chi connectivity index (χ0) is 13.0. The van der Waals surface area contributed by atoms with Crippen LogP contribution in [0, 0.1) is 11.3 Å². The molecule has 0 aliphatic rings. The van der Waals surface area contributed by atoms with Crippen LogP contribution in [0.5, 0.6) is 0 Å². The Kier molecular flexibility index (Phi) is 3.96. The van der Waals surface area contributed by atoms with Crippen LogP contribution in [0.2, 0.25) is 0 Å². The number of benzene rings is 2. The predicted octanol–water partition coefficient (Wildman–Crippen LogP) is 3.23. The summed E-state index contributed by atoms with van der Waals surface area (Å²) in [5.41, 5.74) is 1.32. The second-order valence-electron chi connectivity index (χ2n) is 4.72. The summed E-state index contributed by atoms with van der Waals surface area (Å²) >= 11 is 0. The van der Waals surface area contributed by atoms with Crippen molar-refractivity contribution in [1.82, 2.24) is 4.90 Å². The molecule has 2 aromatic carbocycles. The van der Waals surface area contributed by atoms with Gasteiger partial charge in [0.15, 0.2) is 0 Å². The molecular weight excluding hydrogens is 220 g/mol. The number of likely N-dealkylation sites (N-methyl/N-ethyl adjacent to an activating group) is 1. The van der Waals surface area contributed by atoms with Gasteiger partial charge in [-0.25, -0.2) is 0 Å². The molecule has 0 bridgehead atoms. The molecule has 0 radical (unpaired) electrons. The highest BCUT2D eigenvalue weighted by Crippen LogP contribution is 2.16. The Hall–Kier alpha value is -1.85. The lowest BCUT2D eigenvalue weighted by molar-refractivity contribution is 0.306. The average Bonchev–Trinajstić information content (AvgIpc) is 2.43. The van der Waals surface area contributed by atoms with Crippen molar-refractivity contribution in [3.8, 4) is 6.07 Å². The normalized spacial score (nSPS) is 12.6. The van der Waals surface area contributed by atoms with Crippen LogP contribution in [-0.4, -0.2) is 24.5 Å². The van der Waals surface area contributed by atoms with Crippen molar-refractivity contribution in [2.24, 2.45) is 0 Å². The Balaban J connectivity index is 2.06. The lowest BCUT2D eigenvalue weighted by atomic mass is 10.0. The fourth-order valence-electron chi connectivity index (χ4n) is 1.99. The summed E-state index contributed by atoms with van der Waals surface area (Å²) in [4.78, 5) is 2.08. The third kappa shape index (κ3) is 2.88. The summed E-state index contributed by atoms with van der Waals surface area (Å²) in [6.07, 6.45) is 0.980. The highest BCUT2D eigenvalue weighted by atomic mass is 15.1. The van der Waals surface area contributed by atoms with E-state index in [1.165, 1.54) is 16.3 Å². The van der Waals surface area contributed by atoms with Crippen LogP contribution in [0.1, 0.15) is 12.5 Å². The number of rotatable bonds is 4. The van der Waals surface area contributed by atoms with E-state index in [1.54, 1.807) is 0 Å². The van der Waals surface area contributed by atoms with Crippen molar-refractivity contribution in [3.63, 3.8) is 0 Å². The van der Waals surface area contributed by atoms with Crippen LogP contribution in [0.4, 0.5) is 0 Å². The van der Waals surface area contributed by atoms with Crippen molar-refractivity contribution in [3.05, 3.63) is 48.0 Å². The summed E-state index contributed by atoms with van der Waals surface area (Å²) in [5, 5.41) is 11.4. The van der Waals surface area contributed by atoms with Gasteiger partial charge >= 0.3 is 0 Å². The molecule has 0 aromatic heterocycles. The molecule has 0 aliphatic carbocycles. The highest BCUT2D eigenvalue weighted by molar-refractivity contribution is 5.82. The second kappa shape index (κ2) is 5.66. The standard InChI is InChI=1S/C16H18N2/c1-13(12-17)18(2)10-9-14-7-8-15-5-3-4-6-16(15)11-14/h3-8,11,13H,9-10H2,1-2H3. The molecule has 18 heavy (non-hydrogen) atoms. The fourth-order valence-corrected chi connectivity index (χ4v) is 1.99. The topological polar surface area (TPSA) is 27.0 Å². The first-order chi connectivity index (χ1) is 8.70. The third-order valence-corrected chi connectivity index (χ3v) is 3.42. The van der Waals surface area contributed by atoms with Crippen molar-refractivity contribution in [1.29, 1.82) is 5.26 Å². The molecule has 2 nitrogen and oxygen atoms in total. The van der Waals surface area contributed by atoms with E-state index in [9.17, 15) is 0 Å². The van der Waals surface area contributed by atoms with Crippen molar-refractivity contribution >= 4 is 10.8 Å². The molecule has 2 rings (SSSR count). The zero-order valence-electron chi connectivity index (χ0n) is 10.9. The van der Waals surface area contributed by atoms with E-state index in [0.717, 1.165) is 13.0 Å². The molecule has 0 heterocycles. The van der Waals surface area contributed by atoms with Gasteiger partial charge in [0.1, 0.15) is 0 Å². The molecule has 2 aromatic rings. The number of hydrogen-bond acceptors (Lipinski definition) is 2. The van der Waals surface area contributed by atoms with Crippen molar-refractivity contribution in [2.45, 2.75) is 19.4 Å². The van der Waals surface area contributed by atoms with Crippen LogP contribution >= 0.6 is 0 Å². The minimum absolute atomic E-state index is 0.0227. The van der Waals surface area contributed by atoms with Gasteiger partial charge in [0.25, 0.3) is 0 Å². The quantitative estimate of drug-likeness (QED) is 0.817. The smallest absolute Gasteiger partial charge is 0.0946 e. The summed E-state index contributed by atoms with van der Waals surface area (Å²) < 4.78 is 0. The van der Waals surface area contributed by atoms with Gasteiger partial charge in [0.2, 0.25) is 0 Å². The molecule has 0 N–H and O–H groups in total. The van der Waals surface area contributed by atoms with Gasteiger partial charge in [0.05, 0.1) is 12.1 Å². The van der Waals surface area contributed by atoms with Crippen LogP contribution in [-0.2, 0) is 6.42 Å². The van der Waals surface area contributed by atoms with Gasteiger partial charge in [-0.05, 0) is 36.7 Å². The fraction of sp³-hybridized carbons (Fsp3) is 0.312. The molecule has 0 amide bonds. The van der Waals surface area contributed by atoms with Crippen LogP contribution < -0.4 is 0 Å². The maximum atomic E-state index is 8.85. The first-order valence-corrected chi connectivity index (χ1v) is 6.28. The summed E-state index contributed by atoms with van der Waals surface area (Å²) in [6.45, 7) is 2.84. The van der Waals surface area contributed by atoms with Crippen LogP contribution in [0.25, 0.3) is 10.8 Å². The van der Waals surface area contributed by atoms with Gasteiger partial charge in [-0.2, -0.15) is 5.26 Å². The van der Waals surface area contributed by atoms with Crippen molar-refractivity contribution in [2.75, 3.05) is 13.6 Å². The van der Waals surface area contributed by atoms with Crippen LogP contribution in [0.15, 0.2) is 42.5 Å². The molecule has 92 valence electrons. The molecule has 0 aliphatic heterocycles. The number of fused-ring (bicyclic) bond motifs is 1. The summed E-state index contributed by atoms with van der Waals surface area (Å²) in [6, 6.07) is 17.2. The molecule has 2 heteroatoms. The van der Waals surface area contributed by atoms with Gasteiger partial charge in [-0.15, -0.1) is 0 Å². The molecule has 1 atom stereocenters. The number of hydrogen-bond donors (Lipinski definition) is 0. The van der Waals surface area contributed by atoms with E-state index >= 15 is 0 Å². The van der Waals surface area contributed by atoms with E-state index in [1.807, 2.05) is 14.0 Å². The summed E-state index contributed by atoms with van der Waals surface area (Å²) in [7, 11) is 1.99. The van der Waals surface area contributed by atoms with E-state index < -0.39 is 0 Å². The van der Waals surface area contributed by atoms with Gasteiger partial charge in [-0.3, -0.25) is 4.90 Å². The Morgan fingerprint density at radius 2 is 1.89 bits per heavy atom. The Bertz CT molecular complexity index is 569. The predicted molar refractivity (Wildman–Crippen MR) is 75.4 cm³/mol. The lowest BCUT2D eigenvalue weighted by Gasteiger charge is -2.18. The molecule has 0 saturated heterocycles. The SMILES string of the molecule is CC(C#N)N(C)CCc1ccc2ccccc2c1. The Labute approximate surface area is 108 Å². The average molecular weight is 238 g/mol. The zero-order valence-corrected chi connectivity index (χ0v) is 10.9. The monoisotopic (exact) mass is 238 g/mol. The minimum atomic E-state index is -0.0227. The molecule has 0 saturated carbocycles. The number of nitriles is 1. The van der Waals surface area contributed by atoms with Gasteiger partial charge in [-0.1, -0.05) is 42.5 Å². The maximum Gasteiger partial charge on any atom is 0.0946 e. The number of nitrogens with zero attached hydrogens (tertiary/aromatic N) is 2. The third-order valence-electron chi connectivity index (χ3n) is 3.42. The first kappa shape index (κ1) is 12.6. The molecule has 1 unspecified atom stereocenters.